The van der Waals surface area contributed by atoms with E-state index in [0.29, 0.717) is 19.6 Å². The Morgan fingerprint density at radius 2 is 2.23 bits per heavy atom. The third-order valence-electron chi connectivity index (χ3n) is 6.60. The molecule has 0 aliphatic carbocycles. The van der Waals surface area contributed by atoms with Gasteiger partial charge in [-0.25, -0.2) is 4.98 Å². The van der Waals surface area contributed by atoms with Gasteiger partial charge < -0.3 is 19.1 Å². The zero-order chi connectivity index (χ0) is 21.0. The van der Waals surface area contributed by atoms with Gasteiger partial charge in [-0.05, 0) is 12.5 Å². The lowest BCUT2D eigenvalue weighted by atomic mass is 9.76. The Morgan fingerprint density at radius 3 is 2.97 bits per heavy atom. The molecule has 1 spiro atoms. The van der Waals surface area contributed by atoms with Crippen LogP contribution >= 0.6 is 0 Å². The van der Waals surface area contributed by atoms with Gasteiger partial charge in [-0.1, -0.05) is 42.0 Å². The van der Waals surface area contributed by atoms with Crippen molar-refractivity contribution in [2.45, 2.75) is 31.7 Å². The minimum absolute atomic E-state index is 0.00657. The first-order valence-corrected chi connectivity index (χ1v) is 10.3. The SMILES string of the molecule is Cc1cccc(CN2C[C@]34C=C[C@H](O3)C(C(=O)N(C)Cc3nccn3C)C4C2=O)c1. The van der Waals surface area contributed by atoms with Crippen LogP contribution in [0.5, 0.6) is 0 Å². The average molecular weight is 406 g/mol. The van der Waals surface area contributed by atoms with Gasteiger partial charge in [0.1, 0.15) is 11.4 Å². The highest BCUT2D eigenvalue weighted by Gasteiger charge is 2.67. The molecule has 2 unspecified atom stereocenters. The molecule has 0 radical (unpaired) electrons. The number of nitrogens with zero attached hydrogens (tertiary/aromatic N) is 4. The van der Waals surface area contributed by atoms with Gasteiger partial charge in [-0.15, -0.1) is 0 Å². The second-order valence-electron chi connectivity index (χ2n) is 8.73. The number of imidazole rings is 1. The monoisotopic (exact) mass is 406 g/mol. The van der Waals surface area contributed by atoms with Gasteiger partial charge in [0.2, 0.25) is 11.8 Å². The number of hydrogen-bond acceptors (Lipinski definition) is 4. The van der Waals surface area contributed by atoms with E-state index < -0.39 is 17.4 Å². The molecule has 0 saturated carbocycles. The van der Waals surface area contributed by atoms with Crippen LogP contribution in [-0.4, -0.2) is 56.5 Å². The molecule has 4 atom stereocenters. The summed E-state index contributed by atoms with van der Waals surface area (Å²) in [5, 5.41) is 0. The highest BCUT2D eigenvalue weighted by molar-refractivity contribution is 5.93. The van der Waals surface area contributed by atoms with E-state index in [1.165, 1.54) is 5.56 Å². The van der Waals surface area contributed by atoms with E-state index in [0.717, 1.165) is 11.4 Å². The number of benzene rings is 1. The minimum Gasteiger partial charge on any atom is -0.360 e. The number of fused-ring (bicyclic) bond motifs is 1. The predicted octanol–water partition coefficient (Wildman–Crippen LogP) is 1.67. The van der Waals surface area contributed by atoms with Gasteiger partial charge in [-0.3, -0.25) is 9.59 Å². The molecule has 3 aliphatic heterocycles. The molecule has 3 aliphatic rings. The molecular weight excluding hydrogens is 380 g/mol. The number of hydrogen-bond donors (Lipinski definition) is 0. The lowest BCUT2D eigenvalue weighted by Gasteiger charge is -2.27. The predicted molar refractivity (Wildman–Crippen MR) is 110 cm³/mol. The number of ether oxygens (including phenoxy) is 1. The van der Waals surface area contributed by atoms with Gasteiger partial charge in [0.25, 0.3) is 0 Å². The zero-order valence-corrected chi connectivity index (χ0v) is 17.5. The van der Waals surface area contributed by atoms with E-state index in [-0.39, 0.29) is 17.9 Å². The molecular formula is C23H26N4O3. The molecule has 30 heavy (non-hydrogen) atoms. The molecule has 0 N–H and O–H groups in total. The summed E-state index contributed by atoms with van der Waals surface area (Å²) in [5.41, 5.74) is 1.57. The summed E-state index contributed by atoms with van der Waals surface area (Å²) in [7, 11) is 3.67. The Hall–Kier alpha value is -2.93. The van der Waals surface area contributed by atoms with Gasteiger partial charge in [0, 0.05) is 33.0 Å². The van der Waals surface area contributed by atoms with Crippen molar-refractivity contribution >= 4 is 11.8 Å². The summed E-state index contributed by atoms with van der Waals surface area (Å²) in [6.07, 6.45) is 7.19. The largest absolute Gasteiger partial charge is 0.360 e. The van der Waals surface area contributed by atoms with Crippen LogP contribution in [0.2, 0.25) is 0 Å². The topological polar surface area (TPSA) is 67.7 Å². The minimum atomic E-state index is -0.685. The second kappa shape index (κ2) is 6.80. The summed E-state index contributed by atoms with van der Waals surface area (Å²) in [6, 6.07) is 8.17. The first-order valence-electron chi connectivity index (χ1n) is 10.3. The lowest BCUT2D eigenvalue weighted by Crippen LogP contribution is -2.44. The van der Waals surface area contributed by atoms with E-state index in [2.05, 4.69) is 11.1 Å². The maximum absolute atomic E-state index is 13.4. The van der Waals surface area contributed by atoms with Crippen molar-refractivity contribution in [2.24, 2.45) is 18.9 Å². The van der Waals surface area contributed by atoms with Crippen molar-refractivity contribution in [3.63, 3.8) is 0 Å². The summed E-state index contributed by atoms with van der Waals surface area (Å²) in [5.74, 6) is -0.208. The second-order valence-corrected chi connectivity index (χ2v) is 8.73. The third-order valence-corrected chi connectivity index (χ3v) is 6.60. The van der Waals surface area contributed by atoms with Crippen molar-refractivity contribution in [1.29, 1.82) is 0 Å². The highest BCUT2D eigenvalue weighted by Crippen LogP contribution is 2.52. The summed E-state index contributed by atoms with van der Waals surface area (Å²) >= 11 is 0. The van der Waals surface area contributed by atoms with Crippen molar-refractivity contribution in [3.05, 3.63) is 65.8 Å². The quantitative estimate of drug-likeness (QED) is 0.709. The molecule has 1 aromatic heterocycles. The molecule has 5 rings (SSSR count). The first-order chi connectivity index (χ1) is 14.4. The Kier molecular flexibility index (Phi) is 4.32. The summed E-state index contributed by atoms with van der Waals surface area (Å²) in [6.45, 7) is 3.47. The van der Waals surface area contributed by atoms with Crippen LogP contribution in [0.25, 0.3) is 0 Å². The fraction of sp³-hybridized carbons (Fsp3) is 0.435. The standard InChI is InChI=1S/C23H26N4O3/c1-15-5-4-6-16(11-15)12-27-14-23-8-7-17(30-23)19(20(23)22(27)29)21(28)26(3)13-18-24-9-10-25(18)2/h4-11,17,19-20H,12-14H2,1-3H3/t17-,19?,20?,23-/m0/s1. The fourth-order valence-electron chi connectivity index (χ4n) is 5.12. The summed E-state index contributed by atoms with van der Waals surface area (Å²) < 4.78 is 8.14. The maximum Gasteiger partial charge on any atom is 0.230 e. The molecule has 4 heterocycles. The van der Waals surface area contributed by atoms with E-state index >= 15 is 0 Å². The van der Waals surface area contributed by atoms with Crippen LogP contribution in [0.15, 0.2) is 48.8 Å². The van der Waals surface area contributed by atoms with Crippen LogP contribution in [0.1, 0.15) is 17.0 Å². The Bertz CT molecular complexity index is 1040. The number of aryl methyl sites for hydroxylation is 2. The van der Waals surface area contributed by atoms with Gasteiger partial charge in [-0.2, -0.15) is 0 Å². The highest BCUT2D eigenvalue weighted by atomic mass is 16.5. The number of amides is 2. The van der Waals surface area contributed by atoms with Gasteiger partial charge >= 0.3 is 0 Å². The number of likely N-dealkylation sites (tertiary alicyclic amines) is 1. The van der Waals surface area contributed by atoms with Crippen molar-refractivity contribution in [3.8, 4) is 0 Å². The molecule has 2 saturated heterocycles. The molecule has 2 amide bonds. The van der Waals surface area contributed by atoms with Crippen molar-refractivity contribution < 1.29 is 14.3 Å². The number of carbonyl (C=O) groups is 2. The Morgan fingerprint density at radius 1 is 1.40 bits per heavy atom. The molecule has 2 fully saturated rings. The number of carbonyl (C=O) groups excluding carboxylic acids is 2. The van der Waals surface area contributed by atoms with E-state index in [9.17, 15) is 9.59 Å². The number of aromatic nitrogens is 2. The fourth-order valence-corrected chi connectivity index (χ4v) is 5.12. The normalized spacial score (nSPS) is 29.0. The molecule has 7 nitrogen and oxygen atoms in total. The van der Waals surface area contributed by atoms with Crippen molar-refractivity contribution in [2.75, 3.05) is 13.6 Å². The first kappa shape index (κ1) is 19.1. The van der Waals surface area contributed by atoms with Crippen LogP contribution in [-0.2, 0) is 34.5 Å². The van der Waals surface area contributed by atoms with Crippen LogP contribution in [0.4, 0.5) is 0 Å². The van der Waals surface area contributed by atoms with E-state index in [4.69, 9.17) is 4.74 Å². The molecule has 2 aromatic rings. The number of rotatable bonds is 5. The lowest BCUT2D eigenvalue weighted by molar-refractivity contribution is -0.143. The molecule has 156 valence electrons. The maximum atomic E-state index is 13.4. The van der Waals surface area contributed by atoms with E-state index in [1.54, 1.807) is 18.1 Å². The van der Waals surface area contributed by atoms with Crippen LogP contribution in [0, 0.1) is 18.8 Å². The average Bonchev–Trinajstić information content (AvgIpc) is 3.44. The molecule has 1 aromatic carbocycles. The Labute approximate surface area is 175 Å². The van der Waals surface area contributed by atoms with Crippen molar-refractivity contribution in [1.82, 2.24) is 19.4 Å². The van der Waals surface area contributed by atoms with Gasteiger partial charge in [0.05, 0.1) is 31.0 Å². The zero-order valence-electron chi connectivity index (χ0n) is 17.5. The third kappa shape index (κ3) is 2.88. The van der Waals surface area contributed by atoms with Gasteiger partial charge in [0.15, 0.2) is 0 Å². The van der Waals surface area contributed by atoms with Crippen LogP contribution in [0.3, 0.4) is 0 Å². The van der Waals surface area contributed by atoms with Crippen LogP contribution < -0.4 is 0 Å². The molecule has 2 bridgehead atoms. The molecule has 7 heteroatoms. The smallest absolute Gasteiger partial charge is 0.230 e. The summed E-state index contributed by atoms with van der Waals surface area (Å²) in [4.78, 5) is 34.6. The Balaban J connectivity index is 1.37. The van der Waals surface area contributed by atoms with E-state index in [1.807, 2.05) is 60.0 Å².